The summed E-state index contributed by atoms with van der Waals surface area (Å²) in [5.74, 6) is 1.82. The summed E-state index contributed by atoms with van der Waals surface area (Å²) in [6.45, 7) is 2.43. The minimum atomic E-state index is 0.799. The number of nitrogens with zero attached hydrogens (tertiary/aromatic N) is 1. The van der Waals surface area contributed by atoms with Gasteiger partial charge in [-0.2, -0.15) is 0 Å². The summed E-state index contributed by atoms with van der Waals surface area (Å²) in [6.07, 6.45) is 9.89. The Morgan fingerprint density at radius 2 is 1.86 bits per heavy atom. The molecule has 2 heteroatoms. The van der Waals surface area contributed by atoms with Crippen LogP contribution in [0.15, 0.2) is 0 Å². The Balaban J connectivity index is 2.00. The molecule has 1 rings (SSSR count). The molecule has 0 heterocycles. The standard InChI is InChI=1S/C12H24ClN/c1-14(10-5-9-13)11-8-12-6-3-2-4-7-12/h12H,2-11H2,1H3. The molecule has 0 unspecified atom stereocenters. The van der Waals surface area contributed by atoms with Crippen molar-refractivity contribution in [3.8, 4) is 0 Å². The van der Waals surface area contributed by atoms with Gasteiger partial charge in [0.15, 0.2) is 0 Å². The van der Waals surface area contributed by atoms with E-state index in [1.807, 2.05) is 0 Å². The van der Waals surface area contributed by atoms with Crippen molar-refractivity contribution in [1.29, 1.82) is 0 Å². The van der Waals surface area contributed by atoms with Gasteiger partial charge in [0, 0.05) is 5.88 Å². The maximum Gasteiger partial charge on any atom is 0.0235 e. The second-order valence-corrected chi connectivity index (χ2v) is 5.02. The highest BCUT2D eigenvalue weighted by Gasteiger charge is 2.13. The van der Waals surface area contributed by atoms with Crippen LogP contribution in [0.3, 0.4) is 0 Å². The van der Waals surface area contributed by atoms with Crippen molar-refractivity contribution in [3.63, 3.8) is 0 Å². The van der Waals surface area contributed by atoms with E-state index in [9.17, 15) is 0 Å². The second kappa shape index (κ2) is 7.53. The first kappa shape index (κ1) is 12.3. The molecule has 14 heavy (non-hydrogen) atoms. The average Bonchev–Trinajstić information content (AvgIpc) is 2.25. The van der Waals surface area contributed by atoms with E-state index in [1.165, 1.54) is 45.1 Å². The van der Waals surface area contributed by atoms with E-state index >= 15 is 0 Å². The Kier molecular flexibility index (Phi) is 6.63. The monoisotopic (exact) mass is 217 g/mol. The van der Waals surface area contributed by atoms with E-state index in [2.05, 4.69) is 11.9 Å². The van der Waals surface area contributed by atoms with E-state index in [4.69, 9.17) is 11.6 Å². The molecule has 0 bridgehead atoms. The van der Waals surface area contributed by atoms with E-state index in [0.29, 0.717) is 0 Å². The zero-order valence-electron chi connectivity index (χ0n) is 9.47. The number of hydrogen-bond acceptors (Lipinski definition) is 1. The van der Waals surface area contributed by atoms with Crippen molar-refractivity contribution in [3.05, 3.63) is 0 Å². The molecule has 0 aromatic rings. The highest BCUT2D eigenvalue weighted by Crippen LogP contribution is 2.26. The van der Waals surface area contributed by atoms with E-state index in [1.54, 1.807) is 0 Å². The molecule has 1 nitrogen and oxygen atoms in total. The quantitative estimate of drug-likeness (QED) is 0.616. The van der Waals surface area contributed by atoms with Crippen LogP contribution in [-0.2, 0) is 0 Å². The van der Waals surface area contributed by atoms with Gasteiger partial charge < -0.3 is 4.90 Å². The van der Waals surface area contributed by atoms with Crippen LogP contribution in [0.2, 0.25) is 0 Å². The summed E-state index contributed by atoms with van der Waals surface area (Å²) >= 11 is 5.67. The van der Waals surface area contributed by atoms with Gasteiger partial charge in [0.1, 0.15) is 0 Å². The molecule has 0 radical (unpaired) electrons. The highest BCUT2D eigenvalue weighted by atomic mass is 35.5. The molecule has 0 amide bonds. The molecule has 1 aliphatic rings. The summed E-state index contributed by atoms with van der Waals surface area (Å²) in [5.41, 5.74) is 0. The summed E-state index contributed by atoms with van der Waals surface area (Å²) in [6, 6.07) is 0. The highest BCUT2D eigenvalue weighted by molar-refractivity contribution is 6.17. The Morgan fingerprint density at radius 3 is 2.50 bits per heavy atom. The van der Waals surface area contributed by atoms with Crippen LogP contribution in [-0.4, -0.2) is 30.9 Å². The first-order valence-electron chi connectivity index (χ1n) is 6.07. The molecule has 0 saturated heterocycles. The average molecular weight is 218 g/mol. The lowest BCUT2D eigenvalue weighted by Crippen LogP contribution is -2.23. The Bertz CT molecular complexity index is 132. The molecule has 1 aliphatic carbocycles. The van der Waals surface area contributed by atoms with Crippen LogP contribution < -0.4 is 0 Å². The smallest absolute Gasteiger partial charge is 0.0235 e. The fourth-order valence-electron chi connectivity index (χ4n) is 2.32. The zero-order chi connectivity index (χ0) is 10.2. The minimum Gasteiger partial charge on any atom is -0.306 e. The van der Waals surface area contributed by atoms with Crippen molar-refractivity contribution < 1.29 is 0 Å². The van der Waals surface area contributed by atoms with Crippen LogP contribution in [0.25, 0.3) is 0 Å². The lowest BCUT2D eigenvalue weighted by molar-refractivity contribution is 0.265. The Hall–Kier alpha value is 0.250. The van der Waals surface area contributed by atoms with Gasteiger partial charge in [0.05, 0.1) is 0 Å². The van der Waals surface area contributed by atoms with E-state index in [-0.39, 0.29) is 0 Å². The third-order valence-electron chi connectivity index (χ3n) is 3.32. The molecule has 0 spiro atoms. The van der Waals surface area contributed by atoms with Gasteiger partial charge in [-0.1, -0.05) is 32.1 Å². The third-order valence-corrected chi connectivity index (χ3v) is 3.58. The predicted molar refractivity (Wildman–Crippen MR) is 64.0 cm³/mol. The number of halogens is 1. The topological polar surface area (TPSA) is 3.24 Å². The molecule has 1 fully saturated rings. The van der Waals surface area contributed by atoms with Gasteiger partial charge in [-0.15, -0.1) is 11.6 Å². The number of hydrogen-bond donors (Lipinski definition) is 0. The predicted octanol–water partition coefficient (Wildman–Crippen LogP) is 3.52. The Morgan fingerprint density at radius 1 is 1.14 bits per heavy atom. The van der Waals surface area contributed by atoms with Crippen molar-refractivity contribution in [2.45, 2.75) is 44.9 Å². The minimum absolute atomic E-state index is 0.799. The molecule has 0 atom stereocenters. The molecule has 84 valence electrons. The fraction of sp³-hybridized carbons (Fsp3) is 1.00. The van der Waals surface area contributed by atoms with Crippen molar-refractivity contribution in [2.24, 2.45) is 5.92 Å². The second-order valence-electron chi connectivity index (χ2n) is 4.64. The molecule has 0 N–H and O–H groups in total. The maximum absolute atomic E-state index is 5.67. The molecule has 0 aromatic carbocycles. The lowest BCUT2D eigenvalue weighted by Gasteiger charge is -2.24. The fourth-order valence-corrected chi connectivity index (χ4v) is 2.44. The summed E-state index contributed by atoms with van der Waals surface area (Å²) < 4.78 is 0. The van der Waals surface area contributed by atoms with Crippen LogP contribution in [0.4, 0.5) is 0 Å². The zero-order valence-corrected chi connectivity index (χ0v) is 10.2. The van der Waals surface area contributed by atoms with Crippen LogP contribution >= 0.6 is 11.6 Å². The SMILES string of the molecule is CN(CCCCl)CCC1CCCCC1. The van der Waals surface area contributed by atoms with Gasteiger partial charge in [-0.3, -0.25) is 0 Å². The molecule has 0 aromatic heterocycles. The van der Waals surface area contributed by atoms with Crippen LogP contribution in [0.5, 0.6) is 0 Å². The largest absolute Gasteiger partial charge is 0.306 e. The van der Waals surface area contributed by atoms with Gasteiger partial charge in [0.25, 0.3) is 0 Å². The van der Waals surface area contributed by atoms with Gasteiger partial charge in [0.2, 0.25) is 0 Å². The summed E-state index contributed by atoms with van der Waals surface area (Å²) in [4.78, 5) is 2.43. The summed E-state index contributed by atoms with van der Waals surface area (Å²) in [5, 5.41) is 0. The summed E-state index contributed by atoms with van der Waals surface area (Å²) in [7, 11) is 2.22. The van der Waals surface area contributed by atoms with Crippen molar-refractivity contribution in [2.75, 3.05) is 26.0 Å². The van der Waals surface area contributed by atoms with Crippen molar-refractivity contribution in [1.82, 2.24) is 4.90 Å². The third kappa shape index (κ3) is 5.21. The number of rotatable bonds is 6. The lowest BCUT2D eigenvalue weighted by atomic mass is 9.87. The van der Waals surface area contributed by atoms with Gasteiger partial charge in [-0.05, 0) is 38.9 Å². The van der Waals surface area contributed by atoms with E-state index < -0.39 is 0 Å². The first-order valence-corrected chi connectivity index (χ1v) is 6.61. The number of alkyl halides is 1. The first-order chi connectivity index (χ1) is 6.83. The van der Waals surface area contributed by atoms with E-state index in [0.717, 1.165) is 24.8 Å². The van der Waals surface area contributed by atoms with Crippen LogP contribution in [0.1, 0.15) is 44.9 Å². The maximum atomic E-state index is 5.67. The Labute approximate surface area is 93.8 Å². The van der Waals surface area contributed by atoms with Crippen LogP contribution in [0, 0.1) is 5.92 Å². The molecular weight excluding hydrogens is 194 g/mol. The molecule has 0 aliphatic heterocycles. The normalized spacial score (nSPS) is 19.1. The van der Waals surface area contributed by atoms with Crippen molar-refractivity contribution >= 4 is 11.6 Å². The van der Waals surface area contributed by atoms with Gasteiger partial charge in [-0.25, -0.2) is 0 Å². The molecule has 1 saturated carbocycles. The van der Waals surface area contributed by atoms with Gasteiger partial charge >= 0.3 is 0 Å². The molecular formula is C12H24ClN.